The summed E-state index contributed by atoms with van der Waals surface area (Å²) < 4.78 is 2.43. The van der Waals surface area contributed by atoms with Crippen molar-refractivity contribution in [3.63, 3.8) is 0 Å². The molecule has 0 atom stereocenters. The van der Waals surface area contributed by atoms with Crippen LogP contribution in [0.1, 0.15) is 25.0 Å². The van der Waals surface area contributed by atoms with Crippen LogP contribution in [0.15, 0.2) is 243 Å². The topological polar surface area (TPSA) is 8.17 Å². The highest BCUT2D eigenvalue weighted by Gasteiger charge is 2.36. The van der Waals surface area contributed by atoms with Gasteiger partial charge in [0.15, 0.2) is 0 Å². The van der Waals surface area contributed by atoms with Gasteiger partial charge in [-0.1, -0.05) is 208 Å². The molecule has 12 rings (SSSR count). The molecular weight excluding hydrogens is 785 g/mol. The highest BCUT2D eigenvalue weighted by atomic mass is 15.1. The smallest absolute Gasteiger partial charge is 0.0619 e. The van der Waals surface area contributed by atoms with E-state index in [1.54, 1.807) is 0 Å². The van der Waals surface area contributed by atoms with E-state index in [-0.39, 0.29) is 5.41 Å². The first-order valence-electron chi connectivity index (χ1n) is 22.6. The molecule has 0 saturated carbocycles. The minimum absolute atomic E-state index is 0.163. The van der Waals surface area contributed by atoms with E-state index in [0.717, 1.165) is 33.9 Å². The quantitative estimate of drug-likeness (QED) is 0.148. The van der Waals surface area contributed by atoms with Crippen molar-refractivity contribution in [3.05, 3.63) is 254 Å². The molecule has 0 saturated heterocycles. The van der Waals surface area contributed by atoms with E-state index in [0.29, 0.717) is 0 Å². The lowest BCUT2D eigenvalue weighted by atomic mass is 9.82. The fraction of sp³-hybridized carbons (Fsp3) is 0.0476. The van der Waals surface area contributed by atoms with E-state index in [2.05, 4.69) is 266 Å². The summed E-state index contributed by atoms with van der Waals surface area (Å²) in [5, 5.41) is 2.48. The fourth-order valence-electron chi connectivity index (χ4n) is 10.6. The van der Waals surface area contributed by atoms with Gasteiger partial charge < -0.3 is 9.47 Å². The van der Waals surface area contributed by atoms with Crippen molar-refractivity contribution in [2.75, 3.05) is 4.90 Å². The van der Waals surface area contributed by atoms with Crippen molar-refractivity contribution in [1.29, 1.82) is 0 Å². The molecule has 0 fully saturated rings. The van der Waals surface area contributed by atoms with E-state index >= 15 is 0 Å². The van der Waals surface area contributed by atoms with Crippen LogP contribution in [0, 0.1) is 0 Å². The van der Waals surface area contributed by atoms with Gasteiger partial charge in [0.2, 0.25) is 0 Å². The zero-order valence-corrected chi connectivity index (χ0v) is 36.5. The Morgan fingerprint density at radius 3 is 1.65 bits per heavy atom. The molecule has 0 unspecified atom stereocenters. The Morgan fingerprint density at radius 2 is 0.862 bits per heavy atom. The number of benzene rings is 10. The van der Waals surface area contributed by atoms with Crippen molar-refractivity contribution >= 4 is 38.9 Å². The Kier molecular flexibility index (Phi) is 9.21. The number of anilines is 3. The van der Waals surface area contributed by atoms with Gasteiger partial charge in [0, 0.05) is 44.4 Å². The summed E-state index contributed by atoms with van der Waals surface area (Å²) in [4.78, 5) is 2.49. The summed E-state index contributed by atoms with van der Waals surface area (Å²) in [6, 6.07) is 88.9. The summed E-state index contributed by atoms with van der Waals surface area (Å²) in [7, 11) is 0. The maximum atomic E-state index is 2.49. The van der Waals surface area contributed by atoms with Crippen LogP contribution in [-0.4, -0.2) is 4.57 Å². The summed E-state index contributed by atoms with van der Waals surface area (Å²) in [5.74, 6) is 0. The number of para-hydroxylation sites is 4. The molecule has 65 heavy (non-hydrogen) atoms. The van der Waals surface area contributed by atoms with Crippen LogP contribution in [0.25, 0.3) is 83.1 Å². The van der Waals surface area contributed by atoms with Crippen molar-refractivity contribution in [3.8, 4) is 61.3 Å². The molecule has 2 heteroatoms. The number of fused-ring (bicyclic) bond motifs is 6. The number of nitrogens with zero attached hydrogens (tertiary/aromatic N) is 2. The van der Waals surface area contributed by atoms with Gasteiger partial charge in [-0.15, -0.1) is 0 Å². The van der Waals surface area contributed by atoms with Crippen LogP contribution in [-0.2, 0) is 5.41 Å². The molecule has 308 valence electrons. The molecule has 0 radical (unpaired) electrons. The summed E-state index contributed by atoms with van der Waals surface area (Å²) >= 11 is 0. The Labute approximate surface area is 381 Å². The van der Waals surface area contributed by atoms with E-state index in [1.165, 1.54) is 77.4 Å². The maximum absolute atomic E-state index is 2.49. The second kappa shape index (κ2) is 15.6. The highest BCUT2D eigenvalue weighted by Crippen LogP contribution is 2.52. The van der Waals surface area contributed by atoms with E-state index in [9.17, 15) is 0 Å². The summed E-state index contributed by atoms with van der Waals surface area (Å²) in [6.45, 7) is 4.74. The second-order valence-electron chi connectivity index (χ2n) is 17.7. The number of aromatic nitrogens is 1. The number of rotatable bonds is 8. The molecule has 10 aromatic carbocycles. The lowest BCUT2D eigenvalue weighted by Gasteiger charge is -2.30. The van der Waals surface area contributed by atoms with Crippen molar-refractivity contribution < 1.29 is 0 Å². The Hall–Kier alpha value is -8.20. The number of hydrogen-bond acceptors (Lipinski definition) is 1. The van der Waals surface area contributed by atoms with Crippen molar-refractivity contribution in [1.82, 2.24) is 4.57 Å². The lowest BCUT2D eigenvalue weighted by molar-refractivity contribution is 0.660. The molecular formula is C63H46N2. The summed E-state index contributed by atoms with van der Waals surface area (Å²) in [6.07, 6.45) is 0. The average Bonchev–Trinajstić information content (AvgIpc) is 3.83. The molecule has 0 N–H and O–H groups in total. The molecule has 11 aromatic rings. The minimum Gasteiger partial charge on any atom is -0.310 e. The van der Waals surface area contributed by atoms with Gasteiger partial charge in [-0.2, -0.15) is 0 Å². The fourth-order valence-corrected chi connectivity index (χ4v) is 10.6. The first-order chi connectivity index (χ1) is 32.0. The van der Waals surface area contributed by atoms with Crippen LogP contribution in [0.2, 0.25) is 0 Å². The van der Waals surface area contributed by atoms with Gasteiger partial charge in [-0.25, -0.2) is 0 Å². The predicted octanol–water partition coefficient (Wildman–Crippen LogP) is 17.2. The number of hydrogen-bond donors (Lipinski definition) is 0. The van der Waals surface area contributed by atoms with E-state index in [1.807, 2.05) is 0 Å². The van der Waals surface area contributed by atoms with Gasteiger partial charge >= 0.3 is 0 Å². The molecule has 1 heterocycles. The molecule has 1 aliphatic carbocycles. The van der Waals surface area contributed by atoms with Gasteiger partial charge in [-0.3, -0.25) is 0 Å². The van der Waals surface area contributed by atoms with Gasteiger partial charge in [0.05, 0.1) is 16.7 Å². The normalized spacial score (nSPS) is 12.6. The van der Waals surface area contributed by atoms with Crippen LogP contribution in [0.4, 0.5) is 17.1 Å². The van der Waals surface area contributed by atoms with Crippen molar-refractivity contribution in [2.24, 2.45) is 0 Å². The zero-order chi connectivity index (χ0) is 43.5. The largest absolute Gasteiger partial charge is 0.310 e. The van der Waals surface area contributed by atoms with Crippen LogP contribution in [0.3, 0.4) is 0 Å². The van der Waals surface area contributed by atoms with Gasteiger partial charge in [0.1, 0.15) is 0 Å². The van der Waals surface area contributed by atoms with Crippen LogP contribution < -0.4 is 4.90 Å². The molecule has 0 aliphatic heterocycles. The van der Waals surface area contributed by atoms with Gasteiger partial charge in [-0.05, 0) is 104 Å². The Bertz CT molecular complexity index is 3580. The van der Waals surface area contributed by atoms with Crippen LogP contribution >= 0.6 is 0 Å². The van der Waals surface area contributed by atoms with Gasteiger partial charge in [0.25, 0.3) is 0 Å². The first kappa shape index (κ1) is 38.5. The third-order valence-electron chi connectivity index (χ3n) is 13.6. The standard InChI is InChI=1S/C63H46N2/c1-63(2)58-36-16-13-31-53(58)54-40-39-47(42-59(54)63)64(60-37-17-14-32-55(60)52-30-12-11-29-51(52)50-28-10-9-27-48(50)43-21-5-3-6-22-43)46-26-19-23-44(41-46)49-34-20-35-57-56-33-15-18-38-61(56)65(62(49)57)45-24-7-4-8-25-45/h3-42H,1-2H3. The lowest BCUT2D eigenvalue weighted by Crippen LogP contribution is -2.17. The van der Waals surface area contributed by atoms with E-state index < -0.39 is 0 Å². The zero-order valence-electron chi connectivity index (χ0n) is 36.5. The molecule has 1 aromatic heterocycles. The van der Waals surface area contributed by atoms with E-state index in [4.69, 9.17) is 0 Å². The molecule has 2 nitrogen and oxygen atoms in total. The third kappa shape index (κ3) is 6.32. The van der Waals surface area contributed by atoms with Crippen molar-refractivity contribution in [2.45, 2.75) is 19.3 Å². The highest BCUT2D eigenvalue weighted by molar-refractivity contribution is 6.14. The molecule has 1 aliphatic rings. The monoisotopic (exact) mass is 830 g/mol. The summed E-state index contributed by atoms with van der Waals surface area (Å²) in [5.41, 5.74) is 21.5. The predicted molar refractivity (Wildman–Crippen MR) is 275 cm³/mol. The minimum atomic E-state index is -0.163. The molecule has 0 amide bonds. The maximum Gasteiger partial charge on any atom is 0.0619 e. The average molecular weight is 831 g/mol. The SMILES string of the molecule is CC1(C)c2ccccc2-c2ccc(N(c3cccc(-c4cccc5c6ccccc6n(-c6ccccc6)c45)c3)c3ccccc3-c3ccccc3-c3ccccc3-c3ccccc3)cc21. The molecule has 0 spiro atoms. The second-order valence-corrected chi connectivity index (χ2v) is 17.7. The first-order valence-corrected chi connectivity index (χ1v) is 22.6. The molecule has 0 bridgehead atoms. The third-order valence-corrected chi connectivity index (χ3v) is 13.6. The Balaban J connectivity index is 1.09. The Morgan fingerprint density at radius 1 is 0.338 bits per heavy atom. The van der Waals surface area contributed by atoms with Crippen LogP contribution in [0.5, 0.6) is 0 Å².